The predicted molar refractivity (Wildman–Crippen MR) is 238 cm³/mol. The van der Waals surface area contributed by atoms with Gasteiger partial charge in [-0.25, -0.2) is 0 Å². The molecule has 0 atom stereocenters. The number of para-hydroxylation sites is 1. The zero-order valence-corrected chi connectivity index (χ0v) is 31.2. The minimum Gasteiger partial charge on any atom is -0.456 e. The van der Waals surface area contributed by atoms with E-state index in [1.807, 2.05) is 6.07 Å². The lowest BCUT2D eigenvalue weighted by molar-refractivity contribution is 0.668. The molecule has 1 aliphatic carbocycles. The maximum atomic E-state index is 6.24. The van der Waals surface area contributed by atoms with Crippen LogP contribution < -0.4 is 0 Å². The molecule has 0 fully saturated rings. The Morgan fingerprint density at radius 2 is 0.732 bits per heavy atom. The molecule has 1 heteroatoms. The van der Waals surface area contributed by atoms with Crippen LogP contribution in [0, 0.1) is 0 Å². The molecule has 1 aromatic heterocycles. The number of rotatable bonds is 3. The van der Waals surface area contributed by atoms with Crippen LogP contribution in [0.25, 0.3) is 110 Å². The second-order valence-electron chi connectivity index (χ2n) is 15.9. The highest BCUT2D eigenvalue weighted by Crippen LogP contribution is 2.58. The van der Waals surface area contributed by atoms with Gasteiger partial charge in [-0.3, -0.25) is 0 Å². The smallest absolute Gasteiger partial charge is 0.135 e. The Hall–Kier alpha value is -6.96. The van der Waals surface area contributed by atoms with Gasteiger partial charge in [0.25, 0.3) is 0 Å². The summed E-state index contributed by atoms with van der Waals surface area (Å²) in [5, 5.41) is 12.6. The van der Waals surface area contributed by atoms with Gasteiger partial charge in [-0.05, 0) is 117 Å². The maximum Gasteiger partial charge on any atom is 0.135 e. The average Bonchev–Trinajstić information content (AvgIpc) is 3.74. The first-order chi connectivity index (χ1) is 27.6. The molecule has 0 N–H and O–H groups in total. The molecule has 1 nitrogen and oxygen atoms in total. The standard InChI is InChI=1S/C55H36O/c1-55(2)53-45(27-15-28-46(53)52-39-21-7-4-17-35(39)36-18-5-12-26-44(36)54(52)55)51-42-24-10-8-22-40(42)50(41-23-9-11-25-43(41)51)38-20-6-3-16-34(38)33-30-31-49-47(32-33)37-19-13-14-29-48(37)56-49/h3-32H,1-2H3. The Bertz CT molecular complexity index is 3390. The van der Waals surface area contributed by atoms with Crippen LogP contribution in [-0.4, -0.2) is 0 Å². The van der Waals surface area contributed by atoms with Gasteiger partial charge < -0.3 is 4.42 Å². The van der Waals surface area contributed by atoms with E-state index in [1.54, 1.807) is 0 Å². The van der Waals surface area contributed by atoms with Gasteiger partial charge in [-0.2, -0.15) is 0 Å². The van der Waals surface area contributed by atoms with E-state index >= 15 is 0 Å². The summed E-state index contributed by atoms with van der Waals surface area (Å²) in [7, 11) is 0. The van der Waals surface area contributed by atoms with Gasteiger partial charge in [0.2, 0.25) is 0 Å². The Kier molecular flexibility index (Phi) is 6.46. The van der Waals surface area contributed by atoms with Crippen LogP contribution in [0.5, 0.6) is 0 Å². The molecular formula is C55H36O. The van der Waals surface area contributed by atoms with Gasteiger partial charge in [0, 0.05) is 16.2 Å². The van der Waals surface area contributed by atoms with Gasteiger partial charge in [0.1, 0.15) is 11.2 Å². The van der Waals surface area contributed by atoms with Crippen LogP contribution in [0.15, 0.2) is 186 Å². The molecule has 0 unspecified atom stereocenters. The van der Waals surface area contributed by atoms with Crippen molar-refractivity contribution in [3.8, 4) is 44.5 Å². The lowest BCUT2D eigenvalue weighted by atomic mass is 9.75. The molecule has 0 amide bonds. The fraction of sp³-hybridized carbons (Fsp3) is 0.0545. The predicted octanol–water partition coefficient (Wildman–Crippen LogP) is 15.5. The fourth-order valence-corrected chi connectivity index (χ4v) is 10.4. The van der Waals surface area contributed by atoms with E-state index in [-0.39, 0.29) is 5.41 Å². The van der Waals surface area contributed by atoms with Crippen LogP contribution in [0.4, 0.5) is 0 Å². The minimum atomic E-state index is -0.242. The van der Waals surface area contributed by atoms with Crippen molar-refractivity contribution in [1.29, 1.82) is 0 Å². The molecule has 12 rings (SSSR count). The molecule has 0 bridgehead atoms. The summed E-state index contributed by atoms with van der Waals surface area (Å²) in [6.45, 7) is 4.88. The highest BCUT2D eigenvalue weighted by Gasteiger charge is 2.40. The molecule has 0 saturated carbocycles. The molecule has 262 valence electrons. The van der Waals surface area contributed by atoms with Crippen molar-refractivity contribution in [3.63, 3.8) is 0 Å². The topological polar surface area (TPSA) is 13.1 Å². The highest BCUT2D eigenvalue weighted by molar-refractivity contribution is 6.24. The van der Waals surface area contributed by atoms with Crippen LogP contribution in [0.3, 0.4) is 0 Å². The molecule has 0 aliphatic heterocycles. The first-order valence-electron chi connectivity index (χ1n) is 19.6. The van der Waals surface area contributed by atoms with Crippen molar-refractivity contribution in [1.82, 2.24) is 0 Å². The van der Waals surface area contributed by atoms with Gasteiger partial charge in [-0.15, -0.1) is 0 Å². The fourth-order valence-electron chi connectivity index (χ4n) is 10.4. The van der Waals surface area contributed by atoms with E-state index < -0.39 is 0 Å². The summed E-state index contributed by atoms with van der Waals surface area (Å²) in [5.74, 6) is 0. The molecule has 0 radical (unpaired) electrons. The third kappa shape index (κ3) is 4.20. The molecule has 56 heavy (non-hydrogen) atoms. The third-order valence-electron chi connectivity index (χ3n) is 12.6. The maximum absolute atomic E-state index is 6.24. The first kappa shape index (κ1) is 31.4. The lowest BCUT2D eigenvalue weighted by Crippen LogP contribution is -2.17. The molecule has 11 aromatic rings. The van der Waals surface area contributed by atoms with Crippen molar-refractivity contribution < 1.29 is 4.42 Å². The van der Waals surface area contributed by atoms with E-state index in [4.69, 9.17) is 4.42 Å². The van der Waals surface area contributed by atoms with Crippen LogP contribution >= 0.6 is 0 Å². The number of benzene rings is 10. The third-order valence-corrected chi connectivity index (χ3v) is 12.6. The van der Waals surface area contributed by atoms with Crippen molar-refractivity contribution in [2.45, 2.75) is 19.3 Å². The van der Waals surface area contributed by atoms with Crippen molar-refractivity contribution in [2.75, 3.05) is 0 Å². The summed E-state index contributed by atoms with van der Waals surface area (Å²) in [5.41, 5.74) is 14.6. The van der Waals surface area contributed by atoms with Crippen LogP contribution in [-0.2, 0) is 5.41 Å². The number of fused-ring (bicyclic) bond motifs is 13. The first-order valence-corrected chi connectivity index (χ1v) is 19.6. The van der Waals surface area contributed by atoms with Gasteiger partial charge >= 0.3 is 0 Å². The average molecular weight is 713 g/mol. The Morgan fingerprint density at radius 3 is 1.38 bits per heavy atom. The van der Waals surface area contributed by atoms with E-state index in [0.717, 1.165) is 21.9 Å². The zero-order chi connectivity index (χ0) is 37.1. The summed E-state index contributed by atoms with van der Waals surface area (Å²) in [6.07, 6.45) is 0. The Balaban J connectivity index is 1.15. The number of hydrogen-bond donors (Lipinski definition) is 0. The van der Waals surface area contributed by atoms with Crippen molar-refractivity contribution >= 4 is 65.0 Å². The molecule has 0 spiro atoms. The molecule has 0 saturated heterocycles. The quantitative estimate of drug-likeness (QED) is 0.131. The van der Waals surface area contributed by atoms with E-state index in [0.29, 0.717) is 0 Å². The van der Waals surface area contributed by atoms with Crippen LogP contribution in [0.1, 0.15) is 25.0 Å². The zero-order valence-electron chi connectivity index (χ0n) is 31.2. The second-order valence-corrected chi connectivity index (χ2v) is 15.9. The number of hydrogen-bond acceptors (Lipinski definition) is 1. The Morgan fingerprint density at radius 1 is 0.304 bits per heavy atom. The van der Waals surface area contributed by atoms with E-state index in [9.17, 15) is 0 Å². The largest absolute Gasteiger partial charge is 0.456 e. The number of furan rings is 1. The summed E-state index contributed by atoms with van der Waals surface area (Å²) < 4.78 is 6.24. The molecule has 1 heterocycles. The van der Waals surface area contributed by atoms with E-state index in [1.165, 1.54) is 98.7 Å². The Labute approximate surface area is 325 Å². The summed E-state index contributed by atoms with van der Waals surface area (Å²) in [4.78, 5) is 0. The molecular weight excluding hydrogens is 677 g/mol. The minimum absolute atomic E-state index is 0.242. The normalized spacial score (nSPS) is 13.3. The van der Waals surface area contributed by atoms with Crippen molar-refractivity contribution in [2.24, 2.45) is 0 Å². The van der Waals surface area contributed by atoms with Gasteiger partial charge in [-0.1, -0.05) is 178 Å². The second kappa shape index (κ2) is 11.5. The SMILES string of the molecule is CC1(C)c2c(-c3c4ccccc4c(-c4ccccc4-c4ccc5oc6ccccc6c5c4)c4ccccc34)cccc2-c2c1c1ccccc1c1ccccc21. The summed E-state index contributed by atoms with van der Waals surface area (Å²) >= 11 is 0. The lowest BCUT2D eigenvalue weighted by Gasteiger charge is -2.27. The summed E-state index contributed by atoms with van der Waals surface area (Å²) in [6, 6.07) is 67.0. The van der Waals surface area contributed by atoms with Gasteiger partial charge in [0.05, 0.1) is 0 Å². The highest BCUT2D eigenvalue weighted by atomic mass is 16.3. The van der Waals surface area contributed by atoms with Crippen LogP contribution in [0.2, 0.25) is 0 Å². The van der Waals surface area contributed by atoms with E-state index in [2.05, 4.69) is 190 Å². The molecule has 10 aromatic carbocycles. The van der Waals surface area contributed by atoms with Crippen molar-refractivity contribution in [3.05, 3.63) is 193 Å². The molecule has 1 aliphatic rings. The monoisotopic (exact) mass is 712 g/mol. The van der Waals surface area contributed by atoms with Gasteiger partial charge in [0.15, 0.2) is 0 Å².